The molecule has 0 spiro atoms. The zero-order valence-corrected chi connectivity index (χ0v) is 11.1. The molecule has 0 radical (unpaired) electrons. The largest absolute Gasteiger partial charge is 0.340 e. The van der Waals surface area contributed by atoms with Crippen molar-refractivity contribution >= 4 is 19.4 Å². The van der Waals surface area contributed by atoms with Gasteiger partial charge in [-0.3, -0.25) is 4.57 Å². The maximum Gasteiger partial charge on any atom is 0.340 e. The number of rotatable bonds is 7. The van der Waals surface area contributed by atoms with E-state index in [4.69, 9.17) is 11.8 Å². The van der Waals surface area contributed by atoms with E-state index in [2.05, 4.69) is 0 Å². The van der Waals surface area contributed by atoms with Crippen LogP contribution in [0.3, 0.4) is 0 Å². The minimum atomic E-state index is -3.79. The van der Waals surface area contributed by atoms with Crippen molar-refractivity contribution in [2.75, 3.05) is 18.7 Å². The molecule has 0 saturated heterocycles. The third-order valence-electron chi connectivity index (χ3n) is 1.62. The molecule has 0 heterocycles. The number of hydrogen-bond donors (Lipinski definition) is 0. The summed E-state index contributed by atoms with van der Waals surface area (Å²) < 4.78 is 38.4. The van der Waals surface area contributed by atoms with Gasteiger partial charge in [-0.05, 0) is 26.0 Å². The van der Waals surface area contributed by atoms with E-state index in [9.17, 15) is 4.57 Å². The molecule has 5 heteroatoms. The summed E-state index contributed by atoms with van der Waals surface area (Å²) in [5, 5.41) is 0. The van der Waals surface area contributed by atoms with Crippen LogP contribution in [0.15, 0.2) is 35.2 Å². The Morgan fingerprint density at radius 2 is 1.81 bits per heavy atom. The number of benzene rings is 1. The van der Waals surface area contributed by atoms with Gasteiger partial charge in [0.25, 0.3) is 0 Å². The first-order valence-corrected chi connectivity index (χ1v) is 7.44. The van der Waals surface area contributed by atoms with Crippen LogP contribution in [0.2, 0.25) is 0 Å². The van der Waals surface area contributed by atoms with Crippen molar-refractivity contribution in [3.8, 4) is 0 Å². The fourth-order valence-electron chi connectivity index (χ4n) is 1.03. The monoisotopic (exact) mass is 262 g/mol. The number of thioether (sulfide) groups is 1. The topological polar surface area (TPSA) is 35.5 Å². The first-order valence-electron chi connectivity index (χ1n) is 6.08. The average molecular weight is 262 g/mol. The molecule has 1 aromatic rings. The lowest BCUT2D eigenvalue weighted by Gasteiger charge is -2.16. The third kappa shape index (κ3) is 4.71. The van der Waals surface area contributed by atoms with Gasteiger partial charge >= 0.3 is 7.60 Å². The highest BCUT2D eigenvalue weighted by Gasteiger charge is 2.23. The highest BCUT2D eigenvalue weighted by molar-refractivity contribution is 8.04. The first kappa shape index (κ1) is 10.8. The summed E-state index contributed by atoms with van der Waals surface area (Å²) in [5.41, 5.74) is -2.11. The van der Waals surface area contributed by atoms with Crippen LogP contribution >= 0.6 is 19.4 Å². The smallest absolute Gasteiger partial charge is 0.308 e. The maximum atomic E-state index is 12.4. The van der Waals surface area contributed by atoms with Crippen LogP contribution in [0.1, 0.15) is 16.6 Å². The van der Waals surface area contributed by atoms with Crippen LogP contribution in [0, 0.1) is 0 Å². The second-order valence-corrected chi connectivity index (χ2v) is 5.76. The molecule has 0 aliphatic heterocycles. The average Bonchev–Trinajstić information content (AvgIpc) is 2.30. The van der Waals surface area contributed by atoms with Crippen molar-refractivity contribution in [1.82, 2.24) is 0 Å². The molecule has 1 rings (SSSR count). The van der Waals surface area contributed by atoms with Crippen LogP contribution in [0.4, 0.5) is 0 Å². The molecule has 0 atom stereocenters. The summed E-state index contributed by atoms with van der Waals surface area (Å²) >= 11 is 0.853. The Balaban J connectivity index is 2.91. The second-order valence-electron chi connectivity index (χ2n) is 2.84. The van der Waals surface area contributed by atoms with Gasteiger partial charge in [-0.25, -0.2) is 0 Å². The minimum absolute atomic E-state index is 0.145. The van der Waals surface area contributed by atoms with Crippen LogP contribution in [-0.2, 0) is 13.6 Å². The van der Waals surface area contributed by atoms with E-state index in [1.807, 2.05) is 6.07 Å². The Bertz CT molecular complexity index is 404. The van der Waals surface area contributed by atoms with Gasteiger partial charge in [-0.15, -0.1) is 11.8 Å². The third-order valence-corrected chi connectivity index (χ3v) is 4.58. The van der Waals surface area contributed by atoms with E-state index in [1.165, 1.54) is 0 Å². The van der Waals surface area contributed by atoms with Crippen molar-refractivity contribution in [1.29, 1.82) is 0 Å². The van der Waals surface area contributed by atoms with Crippen LogP contribution in [0.25, 0.3) is 0 Å². The van der Waals surface area contributed by atoms with Crippen molar-refractivity contribution < 1.29 is 16.4 Å². The Kier molecular flexibility index (Phi) is 4.83. The summed E-state index contributed by atoms with van der Waals surface area (Å²) in [5.74, 6) is 0. The molecule has 90 valence electrons. The summed E-state index contributed by atoms with van der Waals surface area (Å²) in [7, 11) is -3.79. The van der Waals surface area contributed by atoms with Crippen LogP contribution in [-0.4, -0.2) is 18.7 Å². The Hall–Kier alpha value is -0.280. The van der Waals surface area contributed by atoms with Crippen molar-refractivity contribution in [3.05, 3.63) is 30.3 Å². The lowest BCUT2D eigenvalue weighted by Crippen LogP contribution is -1.97. The van der Waals surface area contributed by atoms with Gasteiger partial charge in [-0.2, -0.15) is 0 Å². The molecule has 0 unspecified atom stereocenters. The summed E-state index contributed by atoms with van der Waals surface area (Å²) in [6, 6.07) is 8.94. The predicted molar refractivity (Wildman–Crippen MR) is 68.0 cm³/mol. The standard InChI is InChI=1S/C11H17O3PS/c1-3-13-15(12,14-4-2)10-16-11-8-6-5-7-9-11/h5-9H,3-4,10H2,1-2H3/i10D2. The van der Waals surface area contributed by atoms with Gasteiger partial charge < -0.3 is 9.05 Å². The van der Waals surface area contributed by atoms with Gasteiger partial charge in [0.2, 0.25) is 0 Å². The molecule has 16 heavy (non-hydrogen) atoms. The Labute approximate surface area is 104 Å². The molecule has 0 saturated carbocycles. The molecular formula is C11H17O3PS. The van der Waals surface area contributed by atoms with E-state index in [0.717, 1.165) is 11.8 Å². The highest BCUT2D eigenvalue weighted by atomic mass is 32.2. The predicted octanol–water partition coefficient (Wildman–Crippen LogP) is 4.00. The van der Waals surface area contributed by atoms with Crippen LogP contribution in [0.5, 0.6) is 0 Å². The summed E-state index contributed by atoms with van der Waals surface area (Å²) in [6.45, 7) is 3.61. The van der Waals surface area contributed by atoms with Gasteiger partial charge in [0.1, 0.15) is 5.45 Å². The summed E-state index contributed by atoms with van der Waals surface area (Å²) in [6.07, 6.45) is 0. The Morgan fingerprint density at radius 3 is 2.31 bits per heavy atom. The molecule has 0 fully saturated rings. The maximum absolute atomic E-state index is 12.4. The molecule has 0 aliphatic carbocycles. The molecular weight excluding hydrogens is 243 g/mol. The normalized spacial score (nSPS) is 14.4. The van der Waals surface area contributed by atoms with E-state index in [-0.39, 0.29) is 13.2 Å². The number of hydrogen-bond acceptors (Lipinski definition) is 4. The van der Waals surface area contributed by atoms with Crippen molar-refractivity contribution in [2.45, 2.75) is 18.7 Å². The highest BCUT2D eigenvalue weighted by Crippen LogP contribution is 2.51. The van der Waals surface area contributed by atoms with Gasteiger partial charge in [-0.1, -0.05) is 18.2 Å². The molecule has 0 aromatic heterocycles. The SMILES string of the molecule is [2H]C([2H])(Sc1ccccc1)P(=O)(OCC)OCC. The van der Waals surface area contributed by atoms with E-state index < -0.39 is 13.0 Å². The van der Waals surface area contributed by atoms with E-state index in [1.54, 1.807) is 38.1 Å². The lowest BCUT2D eigenvalue weighted by atomic mass is 10.4. The molecule has 0 aliphatic rings. The molecule has 1 aromatic carbocycles. The van der Waals surface area contributed by atoms with Gasteiger partial charge in [0, 0.05) is 4.90 Å². The van der Waals surface area contributed by atoms with E-state index >= 15 is 0 Å². The van der Waals surface area contributed by atoms with Gasteiger partial charge in [0.05, 0.1) is 16.0 Å². The Morgan fingerprint density at radius 1 is 1.25 bits per heavy atom. The second kappa shape index (κ2) is 7.13. The van der Waals surface area contributed by atoms with Crippen molar-refractivity contribution in [3.63, 3.8) is 0 Å². The quantitative estimate of drug-likeness (QED) is 0.549. The van der Waals surface area contributed by atoms with Crippen molar-refractivity contribution in [2.24, 2.45) is 0 Å². The first-order chi connectivity index (χ1) is 8.45. The minimum Gasteiger partial charge on any atom is -0.308 e. The fraction of sp³-hybridized carbons (Fsp3) is 0.455. The zero-order valence-electron chi connectivity index (χ0n) is 11.4. The van der Waals surface area contributed by atoms with Crippen LogP contribution < -0.4 is 0 Å². The molecule has 3 nitrogen and oxygen atoms in total. The van der Waals surface area contributed by atoms with Gasteiger partial charge in [0.15, 0.2) is 0 Å². The lowest BCUT2D eigenvalue weighted by molar-refractivity contribution is 0.224. The molecule has 0 amide bonds. The summed E-state index contributed by atoms with van der Waals surface area (Å²) in [4.78, 5) is 0.683. The zero-order chi connectivity index (χ0) is 13.6. The fourth-order valence-corrected chi connectivity index (χ4v) is 3.37. The van der Waals surface area contributed by atoms with E-state index in [0.29, 0.717) is 4.90 Å². The molecule has 0 N–H and O–H groups in total. The molecule has 0 bridgehead atoms.